The van der Waals surface area contributed by atoms with Crippen LogP contribution in [-0.4, -0.2) is 21.3 Å². The molecule has 2 aromatic rings. The summed E-state index contributed by atoms with van der Waals surface area (Å²) in [4.78, 5) is 20.6. The summed E-state index contributed by atoms with van der Waals surface area (Å²) >= 11 is 19.9. The number of rotatable bonds is 3. The maximum Gasteiger partial charge on any atom is 0.235 e. The van der Waals surface area contributed by atoms with E-state index in [1.807, 2.05) is 6.07 Å². The molecule has 9 heteroatoms. The van der Waals surface area contributed by atoms with E-state index in [-0.39, 0.29) is 10.6 Å². The van der Waals surface area contributed by atoms with Crippen molar-refractivity contribution in [2.45, 2.75) is 0 Å². The molecule has 2 aromatic carbocycles. The number of nitrogens with two attached hydrogens (primary N) is 1. The average Bonchev–Trinajstić information content (AvgIpc) is 2.55. The standard InChI is InChI=1S/C8H7BrClNO.C6H6ClN.C2H2Br2O/c9-5-8(12)11-7-3-1-2-6(10)4-7;7-5-2-1-3-6(8)4-5;3-1-2(4)5/h1-4H,5H2,(H,11,12);1-4H,8H2;1H2. The Morgan fingerprint density at radius 3 is 1.84 bits per heavy atom. The first-order valence-corrected chi connectivity index (χ1v) is 10.4. The minimum absolute atomic E-state index is 0.0162. The topological polar surface area (TPSA) is 72.2 Å². The molecule has 0 radical (unpaired) electrons. The third-order valence-electron chi connectivity index (χ3n) is 2.18. The van der Waals surface area contributed by atoms with Crippen LogP contribution in [0.5, 0.6) is 0 Å². The molecule has 4 nitrogen and oxygen atoms in total. The quantitative estimate of drug-likeness (QED) is 0.271. The minimum atomic E-state index is -0.0859. The Labute approximate surface area is 181 Å². The predicted octanol–water partition coefficient (Wildman–Crippen LogP) is 5.90. The van der Waals surface area contributed by atoms with Gasteiger partial charge in [-0.1, -0.05) is 67.2 Å². The highest BCUT2D eigenvalue weighted by Gasteiger charge is 1.98. The lowest BCUT2D eigenvalue weighted by atomic mass is 10.3. The molecule has 3 N–H and O–H groups in total. The SMILES string of the molecule is Nc1cccc(Cl)c1.O=C(Br)CBr.O=C(CBr)Nc1cccc(Cl)c1. The van der Waals surface area contributed by atoms with E-state index in [0.717, 1.165) is 0 Å². The van der Waals surface area contributed by atoms with Crippen LogP contribution in [-0.2, 0) is 9.59 Å². The second-order valence-corrected chi connectivity index (χ2v) is 7.11. The van der Waals surface area contributed by atoms with Gasteiger partial charge in [0.05, 0.1) is 10.7 Å². The van der Waals surface area contributed by atoms with Gasteiger partial charge in [-0.3, -0.25) is 9.59 Å². The van der Waals surface area contributed by atoms with E-state index in [9.17, 15) is 9.59 Å². The maximum absolute atomic E-state index is 10.9. The molecule has 25 heavy (non-hydrogen) atoms. The van der Waals surface area contributed by atoms with Gasteiger partial charge in [0.1, 0.15) is 0 Å². The van der Waals surface area contributed by atoms with Gasteiger partial charge in [0.2, 0.25) is 10.6 Å². The summed E-state index contributed by atoms with van der Waals surface area (Å²) in [6.45, 7) is 0. The Balaban J connectivity index is 0.000000382. The fourth-order valence-electron chi connectivity index (χ4n) is 1.27. The molecular weight excluding hydrogens is 563 g/mol. The molecule has 136 valence electrons. The molecule has 0 saturated carbocycles. The number of anilines is 2. The van der Waals surface area contributed by atoms with Crippen molar-refractivity contribution in [2.24, 2.45) is 0 Å². The van der Waals surface area contributed by atoms with E-state index >= 15 is 0 Å². The molecule has 2 rings (SSSR count). The van der Waals surface area contributed by atoms with Crippen LogP contribution in [0.3, 0.4) is 0 Å². The highest BCUT2D eigenvalue weighted by atomic mass is 79.9. The number of nitrogen functional groups attached to an aromatic ring is 1. The van der Waals surface area contributed by atoms with Gasteiger partial charge in [0.25, 0.3) is 0 Å². The molecule has 0 aromatic heterocycles. The van der Waals surface area contributed by atoms with Crippen molar-refractivity contribution >= 4 is 93.0 Å². The molecule has 0 aliphatic heterocycles. The lowest BCUT2D eigenvalue weighted by Crippen LogP contribution is -2.11. The summed E-state index contributed by atoms with van der Waals surface area (Å²) in [5.41, 5.74) is 6.79. The monoisotopic (exact) mass is 574 g/mol. The Morgan fingerprint density at radius 2 is 1.48 bits per heavy atom. The third kappa shape index (κ3) is 14.3. The molecule has 0 fully saturated rings. The van der Waals surface area contributed by atoms with Crippen LogP contribution in [0.4, 0.5) is 11.4 Å². The van der Waals surface area contributed by atoms with Gasteiger partial charge in [-0.15, -0.1) is 0 Å². The van der Waals surface area contributed by atoms with Crippen LogP contribution in [0.1, 0.15) is 0 Å². The zero-order chi connectivity index (χ0) is 19.2. The van der Waals surface area contributed by atoms with E-state index in [1.165, 1.54) is 0 Å². The summed E-state index contributed by atoms with van der Waals surface area (Å²) in [6, 6.07) is 14.1. The van der Waals surface area contributed by atoms with Crippen molar-refractivity contribution in [3.05, 3.63) is 58.6 Å². The van der Waals surface area contributed by atoms with Crippen molar-refractivity contribution in [1.29, 1.82) is 0 Å². The Bertz CT molecular complexity index is 671. The first kappa shape index (κ1) is 24.4. The van der Waals surface area contributed by atoms with Crippen molar-refractivity contribution in [1.82, 2.24) is 0 Å². The van der Waals surface area contributed by atoms with E-state index in [2.05, 4.69) is 53.1 Å². The molecule has 0 atom stereocenters. The van der Waals surface area contributed by atoms with Crippen LogP contribution in [0.25, 0.3) is 0 Å². The number of benzene rings is 2. The first-order valence-electron chi connectivity index (χ1n) is 6.65. The van der Waals surface area contributed by atoms with Gasteiger partial charge < -0.3 is 11.1 Å². The van der Waals surface area contributed by atoms with Gasteiger partial charge in [-0.25, -0.2) is 0 Å². The number of nitrogens with one attached hydrogen (secondary N) is 1. The van der Waals surface area contributed by atoms with Gasteiger partial charge in [-0.05, 0) is 52.3 Å². The summed E-state index contributed by atoms with van der Waals surface area (Å²) in [6.07, 6.45) is 0. The summed E-state index contributed by atoms with van der Waals surface area (Å²) in [5.74, 6) is -0.0859. The predicted molar refractivity (Wildman–Crippen MR) is 117 cm³/mol. The molecule has 0 aliphatic carbocycles. The van der Waals surface area contributed by atoms with Gasteiger partial charge in [-0.2, -0.15) is 0 Å². The maximum atomic E-state index is 10.9. The first-order chi connectivity index (χ1) is 11.8. The largest absolute Gasteiger partial charge is 0.399 e. The second-order valence-electron chi connectivity index (χ2n) is 4.24. The number of hydrogen-bond donors (Lipinski definition) is 2. The van der Waals surface area contributed by atoms with Crippen LogP contribution in [0, 0.1) is 0 Å². The van der Waals surface area contributed by atoms with E-state index in [1.54, 1.807) is 42.5 Å². The fraction of sp³-hybridized carbons (Fsp3) is 0.125. The lowest BCUT2D eigenvalue weighted by molar-refractivity contribution is -0.113. The fourth-order valence-corrected chi connectivity index (χ4v) is 1.80. The minimum Gasteiger partial charge on any atom is -0.399 e. The number of amides is 1. The van der Waals surface area contributed by atoms with E-state index < -0.39 is 0 Å². The molecular formula is C16H15Br3Cl2N2O2. The number of carbonyl (C=O) groups excluding carboxylic acids is 2. The Kier molecular flexibility index (Phi) is 14.2. The molecule has 0 unspecified atom stereocenters. The second kappa shape index (κ2) is 14.6. The molecule has 1 amide bonds. The Morgan fingerprint density at radius 1 is 0.960 bits per heavy atom. The Hall–Kier alpha value is -0.600. The van der Waals surface area contributed by atoms with Crippen LogP contribution < -0.4 is 11.1 Å². The zero-order valence-electron chi connectivity index (χ0n) is 12.8. The highest BCUT2D eigenvalue weighted by Crippen LogP contribution is 2.14. The number of halogens is 5. The van der Waals surface area contributed by atoms with Gasteiger partial charge >= 0.3 is 0 Å². The van der Waals surface area contributed by atoms with Crippen LogP contribution in [0.2, 0.25) is 10.0 Å². The van der Waals surface area contributed by atoms with Crippen molar-refractivity contribution in [3.8, 4) is 0 Å². The van der Waals surface area contributed by atoms with Crippen LogP contribution >= 0.6 is 71.0 Å². The molecule has 0 saturated heterocycles. The molecule has 0 aliphatic rings. The third-order valence-corrected chi connectivity index (χ3v) is 4.71. The number of alkyl halides is 2. The molecule has 0 bridgehead atoms. The molecule has 0 spiro atoms. The number of hydrogen-bond acceptors (Lipinski definition) is 3. The highest BCUT2D eigenvalue weighted by molar-refractivity contribution is 9.19. The lowest BCUT2D eigenvalue weighted by Gasteiger charge is -2.01. The van der Waals surface area contributed by atoms with Gasteiger partial charge in [0, 0.05) is 21.4 Å². The zero-order valence-corrected chi connectivity index (χ0v) is 19.1. The van der Waals surface area contributed by atoms with Crippen LogP contribution in [0.15, 0.2) is 48.5 Å². The van der Waals surface area contributed by atoms with Crippen molar-refractivity contribution in [2.75, 3.05) is 21.7 Å². The summed E-state index contributed by atoms with van der Waals surface area (Å²) in [5, 5.41) is 4.65. The van der Waals surface area contributed by atoms with E-state index in [4.69, 9.17) is 28.9 Å². The smallest absolute Gasteiger partial charge is 0.235 e. The van der Waals surface area contributed by atoms with Gasteiger partial charge in [0.15, 0.2) is 0 Å². The summed E-state index contributed by atoms with van der Waals surface area (Å²) < 4.78 is -0.0162. The van der Waals surface area contributed by atoms with Crippen molar-refractivity contribution < 1.29 is 9.59 Å². The summed E-state index contributed by atoms with van der Waals surface area (Å²) in [7, 11) is 0. The van der Waals surface area contributed by atoms with E-state index in [0.29, 0.717) is 32.1 Å². The average molecular weight is 578 g/mol. The number of carbonyl (C=O) groups is 2. The molecule has 0 heterocycles. The normalized spacial score (nSPS) is 9.00. The van der Waals surface area contributed by atoms with Crippen molar-refractivity contribution in [3.63, 3.8) is 0 Å².